The lowest BCUT2D eigenvalue weighted by atomic mass is 10.2. The van der Waals surface area contributed by atoms with E-state index in [4.69, 9.17) is 13.9 Å². The Morgan fingerprint density at radius 2 is 1.75 bits per heavy atom. The Hall–Kier alpha value is -3.02. The van der Waals surface area contributed by atoms with Crippen LogP contribution in [0.15, 0.2) is 52.9 Å². The van der Waals surface area contributed by atoms with Crippen LogP contribution in [0.5, 0.6) is 11.5 Å². The molecule has 1 atom stereocenters. The number of hydrogen-bond acceptors (Lipinski definition) is 6. The second kappa shape index (κ2) is 6.23. The van der Waals surface area contributed by atoms with E-state index in [2.05, 4.69) is 15.5 Å². The Kier molecular flexibility index (Phi) is 3.78. The summed E-state index contributed by atoms with van der Waals surface area (Å²) in [6.07, 6.45) is 0. The highest BCUT2D eigenvalue weighted by Crippen LogP contribution is 2.33. The third-order valence-corrected chi connectivity index (χ3v) is 3.76. The molecule has 24 heavy (non-hydrogen) atoms. The molecule has 0 spiro atoms. The number of fused-ring (bicyclic) bond motifs is 1. The van der Waals surface area contributed by atoms with Crippen LogP contribution in [0.25, 0.3) is 11.5 Å². The molecule has 2 aromatic carbocycles. The molecule has 4 rings (SSSR count). The summed E-state index contributed by atoms with van der Waals surface area (Å²) in [5.74, 6) is 2.56. The fraction of sp³-hybridized carbons (Fsp3) is 0.222. The number of nitrogens with zero attached hydrogens (tertiary/aromatic N) is 2. The summed E-state index contributed by atoms with van der Waals surface area (Å²) in [5, 5.41) is 11.6. The van der Waals surface area contributed by atoms with Gasteiger partial charge < -0.3 is 19.2 Å². The molecule has 0 saturated heterocycles. The molecule has 0 bridgehead atoms. The fourth-order valence-electron chi connectivity index (χ4n) is 2.55. The van der Waals surface area contributed by atoms with Gasteiger partial charge in [0.1, 0.15) is 19.3 Å². The second-order valence-corrected chi connectivity index (χ2v) is 5.54. The van der Waals surface area contributed by atoms with Gasteiger partial charge in [0.15, 0.2) is 11.5 Å². The monoisotopic (exact) mass is 323 g/mol. The van der Waals surface area contributed by atoms with E-state index in [1.807, 2.05) is 55.5 Å². The number of benzene rings is 2. The van der Waals surface area contributed by atoms with Gasteiger partial charge in [0.25, 0.3) is 0 Å². The summed E-state index contributed by atoms with van der Waals surface area (Å²) >= 11 is 0. The molecule has 1 unspecified atom stereocenters. The van der Waals surface area contributed by atoms with Crippen LogP contribution in [0.1, 0.15) is 18.9 Å². The Labute approximate surface area is 139 Å². The average Bonchev–Trinajstić information content (AvgIpc) is 3.13. The molecule has 1 aliphatic rings. The highest BCUT2D eigenvalue weighted by molar-refractivity contribution is 5.56. The topological polar surface area (TPSA) is 69.4 Å². The number of rotatable bonds is 4. The van der Waals surface area contributed by atoms with Crippen molar-refractivity contribution in [2.24, 2.45) is 0 Å². The molecule has 1 N–H and O–H groups in total. The molecule has 0 amide bonds. The van der Waals surface area contributed by atoms with Gasteiger partial charge in [0.2, 0.25) is 11.8 Å². The van der Waals surface area contributed by atoms with Crippen molar-refractivity contribution in [3.8, 4) is 23.0 Å². The van der Waals surface area contributed by atoms with E-state index in [-0.39, 0.29) is 6.04 Å². The molecular weight excluding hydrogens is 306 g/mol. The van der Waals surface area contributed by atoms with Crippen molar-refractivity contribution in [3.05, 3.63) is 54.4 Å². The summed E-state index contributed by atoms with van der Waals surface area (Å²) in [6.45, 7) is 3.12. The Morgan fingerprint density at radius 3 is 2.58 bits per heavy atom. The van der Waals surface area contributed by atoms with E-state index < -0.39 is 0 Å². The molecule has 0 fully saturated rings. The highest BCUT2D eigenvalue weighted by Gasteiger charge is 2.17. The molecule has 1 aromatic heterocycles. The number of aromatic nitrogens is 2. The number of hydrogen-bond donors (Lipinski definition) is 1. The molecule has 6 heteroatoms. The van der Waals surface area contributed by atoms with Crippen LogP contribution >= 0.6 is 0 Å². The van der Waals surface area contributed by atoms with Crippen molar-refractivity contribution in [1.29, 1.82) is 0 Å². The van der Waals surface area contributed by atoms with Gasteiger partial charge in [0, 0.05) is 17.3 Å². The molecule has 0 saturated carbocycles. The second-order valence-electron chi connectivity index (χ2n) is 5.54. The van der Waals surface area contributed by atoms with Crippen LogP contribution in [0.3, 0.4) is 0 Å². The minimum atomic E-state index is -0.127. The molecule has 3 aromatic rings. The standard InChI is InChI=1S/C18H17N3O3/c1-12(17-20-21-18(24-17)13-5-3-2-4-6-13)19-14-7-8-15-16(11-14)23-10-9-22-15/h2-8,11-12,19H,9-10H2,1H3. The van der Waals surface area contributed by atoms with E-state index in [0.717, 1.165) is 22.7 Å². The van der Waals surface area contributed by atoms with Gasteiger partial charge in [-0.05, 0) is 31.2 Å². The van der Waals surface area contributed by atoms with E-state index in [1.54, 1.807) is 0 Å². The SMILES string of the molecule is CC(Nc1ccc2c(c1)OCCO2)c1nnc(-c2ccccc2)o1. The Balaban J connectivity index is 1.50. The smallest absolute Gasteiger partial charge is 0.247 e. The lowest BCUT2D eigenvalue weighted by Gasteiger charge is -2.20. The van der Waals surface area contributed by atoms with Gasteiger partial charge in [-0.25, -0.2) is 0 Å². The highest BCUT2D eigenvalue weighted by atomic mass is 16.6. The lowest BCUT2D eigenvalue weighted by molar-refractivity contribution is 0.171. The van der Waals surface area contributed by atoms with Crippen LogP contribution in [0.4, 0.5) is 5.69 Å². The van der Waals surface area contributed by atoms with Crippen molar-refractivity contribution in [1.82, 2.24) is 10.2 Å². The van der Waals surface area contributed by atoms with Crippen LogP contribution in [0, 0.1) is 0 Å². The van der Waals surface area contributed by atoms with Crippen molar-refractivity contribution >= 4 is 5.69 Å². The van der Waals surface area contributed by atoms with Gasteiger partial charge in [0.05, 0.1) is 0 Å². The quantitative estimate of drug-likeness (QED) is 0.790. The number of nitrogens with one attached hydrogen (secondary N) is 1. The molecule has 1 aliphatic heterocycles. The zero-order valence-corrected chi connectivity index (χ0v) is 13.2. The van der Waals surface area contributed by atoms with E-state index >= 15 is 0 Å². The van der Waals surface area contributed by atoms with Gasteiger partial charge in [-0.2, -0.15) is 0 Å². The molecule has 2 heterocycles. The van der Waals surface area contributed by atoms with Gasteiger partial charge in [-0.1, -0.05) is 18.2 Å². The Morgan fingerprint density at radius 1 is 0.958 bits per heavy atom. The summed E-state index contributed by atoms with van der Waals surface area (Å²) in [4.78, 5) is 0. The minimum absolute atomic E-state index is 0.127. The normalized spacial score (nSPS) is 14.2. The first-order valence-corrected chi connectivity index (χ1v) is 7.84. The zero-order chi connectivity index (χ0) is 16.4. The van der Waals surface area contributed by atoms with Gasteiger partial charge in [-0.15, -0.1) is 10.2 Å². The molecule has 122 valence electrons. The number of ether oxygens (including phenoxy) is 2. The summed E-state index contributed by atoms with van der Waals surface area (Å²) in [5.41, 5.74) is 1.81. The zero-order valence-electron chi connectivity index (χ0n) is 13.2. The summed E-state index contributed by atoms with van der Waals surface area (Å²) < 4.78 is 16.9. The third kappa shape index (κ3) is 2.90. The van der Waals surface area contributed by atoms with E-state index in [0.29, 0.717) is 25.0 Å². The van der Waals surface area contributed by atoms with Crippen LogP contribution in [-0.4, -0.2) is 23.4 Å². The predicted octanol–water partition coefficient (Wildman–Crippen LogP) is 3.68. The van der Waals surface area contributed by atoms with Crippen molar-refractivity contribution in [2.45, 2.75) is 13.0 Å². The molecular formula is C18H17N3O3. The minimum Gasteiger partial charge on any atom is -0.486 e. The van der Waals surface area contributed by atoms with Gasteiger partial charge >= 0.3 is 0 Å². The predicted molar refractivity (Wildman–Crippen MR) is 89.2 cm³/mol. The third-order valence-electron chi connectivity index (χ3n) is 3.76. The first-order valence-electron chi connectivity index (χ1n) is 7.84. The van der Waals surface area contributed by atoms with Crippen LogP contribution < -0.4 is 14.8 Å². The maximum atomic E-state index is 5.78. The Bertz CT molecular complexity index is 833. The van der Waals surface area contributed by atoms with Crippen molar-refractivity contribution in [2.75, 3.05) is 18.5 Å². The van der Waals surface area contributed by atoms with Crippen LogP contribution in [-0.2, 0) is 0 Å². The van der Waals surface area contributed by atoms with Crippen molar-refractivity contribution in [3.63, 3.8) is 0 Å². The maximum absolute atomic E-state index is 5.78. The lowest BCUT2D eigenvalue weighted by Crippen LogP contribution is -2.15. The average molecular weight is 323 g/mol. The first kappa shape index (κ1) is 14.6. The maximum Gasteiger partial charge on any atom is 0.247 e. The molecule has 0 aliphatic carbocycles. The van der Waals surface area contributed by atoms with Gasteiger partial charge in [-0.3, -0.25) is 0 Å². The fourth-order valence-corrected chi connectivity index (χ4v) is 2.55. The summed E-state index contributed by atoms with van der Waals surface area (Å²) in [6, 6.07) is 15.3. The van der Waals surface area contributed by atoms with E-state index in [1.165, 1.54) is 0 Å². The van der Waals surface area contributed by atoms with E-state index in [9.17, 15) is 0 Å². The largest absolute Gasteiger partial charge is 0.486 e. The molecule has 6 nitrogen and oxygen atoms in total. The van der Waals surface area contributed by atoms with Crippen molar-refractivity contribution < 1.29 is 13.9 Å². The van der Waals surface area contributed by atoms with Crippen LogP contribution in [0.2, 0.25) is 0 Å². The molecule has 0 radical (unpaired) electrons. The first-order chi connectivity index (χ1) is 11.8. The number of anilines is 1. The summed E-state index contributed by atoms with van der Waals surface area (Å²) in [7, 11) is 0.